The monoisotopic (exact) mass is 265 g/mol. The summed E-state index contributed by atoms with van der Waals surface area (Å²) in [7, 11) is 5.80. The van der Waals surface area contributed by atoms with E-state index in [1.54, 1.807) is 7.11 Å². The van der Waals surface area contributed by atoms with Gasteiger partial charge in [0, 0.05) is 39.5 Å². The third kappa shape index (κ3) is 5.17. The normalized spacial score (nSPS) is 11.1. The number of nitrogens with one attached hydrogen (secondary N) is 1. The summed E-state index contributed by atoms with van der Waals surface area (Å²) in [6.07, 6.45) is 1.02. The fourth-order valence-electron chi connectivity index (χ4n) is 1.95. The molecule has 1 aromatic rings. The maximum absolute atomic E-state index is 5.10. The first-order valence-corrected chi connectivity index (χ1v) is 6.94. The Labute approximate surface area is 117 Å². The third-order valence-corrected chi connectivity index (χ3v) is 3.10. The summed E-state index contributed by atoms with van der Waals surface area (Å²) in [4.78, 5) is 6.95. The van der Waals surface area contributed by atoms with Crippen molar-refractivity contribution in [2.24, 2.45) is 0 Å². The summed E-state index contributed by atoms with van der Waals surface area (Å²) in [5.41, 5.74) is 2.44. The molecule has 19 heavy (non-hydrogen) atoms. The molecule has 0 spiro atoms. The van der Waals surface area contributed by atoms with Gasteiger partial charge in [-0.1, -0.05) is 13.8 Å². The molecule has 0 bridgehead atoms. The van der Waals surface area contributed by atoms with E-state index in [4.69, 9.17) is 9.72 Å². The van der Waals surface area contributed by atoms with Crippen LogP contribution in [-0.4, -0.2) is 39.3 Å². The van der Waals surface area contributed by atoms with Gasteiger partial charge in [0.2, 0.25) is 0 Å². The zero-order chi connectivity index (χ0) is 14.3. The van der Waals surface area contributed by atoms with Crippen LogP contribution in [0.4, 0.5) is 5.82 Å². The Hall–Kier alpha value is -1.13. The quantitative estimate of drug-likeness (QED) is 0.732. The molecule has 1 N–H and O–H groups in total. The molecule has 108 valence electrons. The van der Waals surface area contributed by atoms with Crippen LogP contribution in [0.1, 0.15) is 37.4 Å². The number of aromatic nitrogens is 1. The lowest BCUT2D eigenvalue weighted by molar-refractivity contribution is 0.196. The predicted octanol–water partition coefficient (Wildman–Crippen LogP) is 2.40. The van der Waals surface area contributed by atoms with Crippen LogP contribution in [0.3, 0.4) is 0 Å². The first kappa shape index (κ1) is 15.9. The Morgan fingerprint density at radius 1 is 1.37 bits per heavy atom. The number of ether oxygens (including phenoxy) is 1. The van der Waals surface area contributed by atoms with Crippen molar-refractivity contribution >= 4 is 5.82 Å². The highest BCUT2D eigenvalue weighted by Gasteiger charge is 2.09. The van der Waals surface area contributed by atoms with Crippen LogP contribution in [0.2, 0.25) is 0 Å². The van der Waals surface area contributed by atoms with Gasteiger partial charge in [-0.05, 0) is 37.1 Å². The first-order chi connectivity index (χ1) is 9.08. The number of anilines is 1. The Balaban J connectivity index is 2.85. The largest absolute Gasteiger partial charge is 0.385 e. The van der Waals surface area contributed by atoms with E-state index >= 15 is 0 Å². The molecule has 0 unspecified atom stereocenters. The molecule has 1 aromatic heterocycles. The SMILES string of the molecule is CNCc1cc(C(C)C)nc(N(C)CCCOC)c1. The van der Waals surface area contributed by atoms with Gasteiger partial charge in [-0.15, -0.1) is 0 Å². The molecular formula is C15H27N3O. The molecule has 0 aliphatic carbocycles. The predicted molar refractivity (Wildman–Crippen MR) is 80.9 cm³/mol. The third-order valence-electron chi connectivity index (χ3n) is 3.10. The van der Waals surface area contributed by atoms with Crippen molar-refractivity contribution < 1.29 is 4.74 Å². The second-order valence-corrected chi connectivity index (χ2v) is 5.21. The van der Waals surface area contributed by atoms with Gasteiger partial charge in [-0.25, -0.2) is 4.98 Å². The molecule has 4 heteroatoms. The Morgan fingerprint density at radius 2 is 2.11 bits per heavy atom. The van der Waals surface area contributed by atoms with E-state index in [0.29, 0.717) is 5.92 Å². The highest BCUT2D eigenvalue weighted by molar-refractivity contribution is 5.42. The van der Waals surface area contributed by atoms with E-state index in [1.807, 2.05) is 7.05 Å². The van der Waals surface area contributed by atoms with Crippen molar-refractivity contribution in [3.63, 3.8) is 0 Å². The summed E-state index contributed by atoms with van der Waals surface area (Å²) in [6, 6.07) is 4.35. The summed E-state index contributed by atoms with van der Waals surface area (Å²) in [5.74, 6) is 1.50. The topological polar surface area (TPSA) is 37.4 Å². The van der Waals surface area contributed by atoms with Gasteiger partial charge in [0.05, 0.1) is 0 Å². The molecule has 0 saturated carbocycles. The van der Waals surface area contributed by atoms with Gasteiger partial charge in [-0.2, -0.15) is 0 Å². The average molecular weight is 265 g/mol. The van der Waals surface area contributed by atoms with Gasteiger partial charge < -0.3 is 15.0 Å². The lowest BCUT2D eigenvalue weighted by atomic mass is 10.1. The number of methoxy groups -OCH3 is 1. The fraction of sp³-hybridized carbons (Fsp3) is 0.667. The Morgan fingerprint density at radius 3 is 2.68 bits per heavy atom. The average Bonchev–Trinajstić information content (AvgIpc) is 2.39. The number of nitrogens with zero attached hydrogens (tertiary/aromatic N) is 2. The summed E-state index contributed by atoms with van der Waals surface area (Å²) < 4.78 is 5.10. The summed E-state index contributed by atoms with van der Waals surface area (Å²) in [5, 5.41) is 3.20. The second-order valence-electron chi connectivity index (χ2n) is 5.21. The van der Waals surface area contributed by atoms with Crippen molar-refractivity contribution in [1.82, 2.24) is 10.3 Å². The van der Waals surface area contributed by atoms with Gasteiger partial charge in [0.25, 0.3) is 0 Å². The summed E-state index contributed by atoms with van der Waals surface area (Å²) >= 11 is 0. The van der Waals surface area contributed by atoms with Crippen LogP contribution < -0.4 is 10.2 Å². The van der Waals surface area contributed by atoms with E-state index in [9.17, 15) is 0 Å². The molecule has 0 radical (unpaired) electrons. The molecule has 0 aliphatic rings. The van der Waals surface area contributed by atoms with Crippen LogP contribution in [0.25, 0.3) is 0 Å². The molecule has 4 nitrogen and oxygen atoms in total. The maximum Gasteiger partial charge on any atom is 0.128 e. The zero-order valence-corrected chi connectivity index (χ0v) is 12.9. The smallest absolute Gasteiger partial charge is 0.128 e. The summed E-state index contributed by atoms with van der Waals surface area (Å²) in [6.45, 7) is 6.99. The van der Waals surface area contributed by atoms with Crippen molar-refractivity contribution in [3.8, 4) is 0 Å². The van der Waals surface area contributed by atoms with Crippen LogP contribution in [-0.2, 0) is 11.3 Å². The van der Waals surface area contributed by atoms with Gasteiger partial charge >= 0.3 is 0 Å². The molecule has 0 fully saturated rings. The molecule has 0 atom stereocenters. The lowest BCUT2D eigenvalue weighted by Gasteiger charge is -2.20. The minimum atomic E-state index is 0.447. The molecule has 0 amide bonds. The number of pyridine rings is 1. The van der Waals surface area contributed by atoms with E-state index in [0.717, 1.165) is 37.6 Å². The van der Waals surface area contributed by atoms with Crippen LogP contribution >= 0.6 is 0 Å². The minimum Gasteiger partial charge on any atom is -0.385 e. The molecule has 1 rings (SSSR count). The maximum atomic E-state index is 5.10. The standard InChI is InChI=1S/C15H27N3O/c1-12(2)14-9-13(11-16-3)10-15(17-14)18(4)7-6-8-19-5/h9-10,12,16H,6-8,11H2,1-5H3. The van der Waals surface area contributed by atoms with Crippen LogP contribution in [0.5, 0.6) is 0 Å². The number of hydrogen-bond donors (Lipinski definition) is 1. The molecule has 0 aromatic carbocycles. The highest BCUT2D eigenvalue weighted by atomic mass is 16.5. The first-order valence-electron chi connectivity index (χ1n) is 6.94. The van der Waals surface area contributed by atoms with E-state index in [-0.39, 0.29) is 0 Å². The van der Waals surface area contributed by atoms with Crippen molar-refractivity contribution in [2.45, 2.75) is 32.7 Å². The zero-order valence-electron chi connectivity index (χ0n) is 12.9. The highest BCUT2D eigenvalue weighted by Crippen LogP contribution is 2.19. The van der Waals surface area contributed by atoms with Gasteiger partial charge in [0.15, 0.2) is 0 Å². The minimum absolute atomic E-state index is 0.447. The van der Waals surface area contributed by atoms with Gasteiger partial charge in [-0.3, -0.25) is 0 Å². The molecule has 0 aliphatic heterocycles. The van der Waals surface area contributed by atoms with E-state index < -0.39 is 0 Å². The van der Waals surface area contributed by atoms with E-state index in [2.05, 4.69) is 43.2 Å². The van der Waals surface area contributed by atoms with Crippen molar-refractivity contribution in [3.05, 3.63) is 23.4 Å². The molecule has 1 heterocycles. The molecular weight excluding hydrogens is 238 g/mol. The van der Waals surface area contributed by atoms with Crippen LogP contribution in [0, 0.1) is 0 Å². The fourth-order valence-corrected chi connectivity index (χ4v) is 1.95. The molecule has 0 saturated heterocycles. The lowest BCUT2D eigenvalue weighted by Crippen LogP contribution is -2.22. The Bertz CT molecular complexity index is 380. The van der Waals surface area contributed by atoms with Crippen molar-refractivity contribution in [1.29, 1.82) is 0 Å². The van der Waals surface area contributed by atoms with E-state index in [1.165, 1.54) is 5.56 Å². The number of hydrogen-bond acceptors (Lipinski definition) is 4. The van der Waals surface area contributed by atoms with Crippen LogP contribution in [0.15, 0.2) is 12.1 Å². The Kier molecular flexibility index (Phi) is 6.81. The second kappa shape index (κ2) is 8.12. The van der Waals surface area contributed by atoms with Gasteiger partial charge in [0.1, 0.15) is 5.82 Å². The van der Waals surface area contributed by atoms with Crippen molar-refractivity contribution in [2.75, 3.05) is 39.3 Å². The number of rotatable bonds is 8.